The van der Waals surface area contributed by atoms with E-state index in [0.717, 1.165) is 31.7 Å². The lowest BCUT2D eigenvalue weighted by molar-refractivity contribution is -0.122. The van der Waals surface area contributed by atoms with Crippen LogP contribution in [0.2, 0.25) is 5.02 Å². The van der Waals surface area contributed by atoms with Crippen LogP contribution in [0.3, 0.4) is 0 Å². The molecule has 0 aromatic heterocycles. The Bertz CT molecular complexity index is 533. The van der Waals surface area contributed by atoms with Gasteiger partial charge in [0.1, 0.15) is 11.6 Å². The summed E-state index contributed by atoms with van der Waals surface area (Å²) in [7, 11) is 0. The number of rotatable bonds is 4. The lowest BCUT2D eigenvalue weighted by Crippen LogP contribution is -2.45. The van der Waals surface area contributed by atoms with Crippen molar-refractivity contribution in [2.45, 2.75) is 31.7 Å². The van der Waals surface area contributed by atoms with Crippen molar-refractivity contribution in [2.24, 2.45) is 0 Å². The fraction of sp³-hybridized carbons (Fsp3) is 0.429. The first-order chi connectivity index (χ1) is 10.0. The van der Waals surface area contributed by atoms with Gasteiger partial charge in [0.05, 0.1) is 5.02 Å². The molecule has 0 saturated heterocycles. The average molecular weight is 315 g/mol. The maximum Gasteiger partial charge on any atom is 0.321 e. The zero-order chi connectivity index (χ0) is 15.2. The van der Waals surface area contributed by atoms with Crippen molar-refractivity contribution in [1.29, 1.82) is 0 Å². The first kappa shape index (κ1) is 15.6. The van der Waals surface area contributed by atoms with Crippen molar-refractivity contribution in [3.8, 4) is 5.75 Å². The summed E-state index contributed by atoms with van der Waals surface area (Å²) in [6, 6.07) is 3.38. The third-order valence-electron chi connectivity index (χ3n) is 3.20. The molecule has 0 unspecified atom stereocenters. The van der Waals surface area contributed by atoms with Gasteiger partial charge in [-0.1, -0.05) is 24.4 Å². The van der Waals surface area contributed by atoms with Crippen LogP contribution in [0.5, 0.6) is 5.75 Å². The summed E-state index contributed by atoms with van der Waals surface area (Å²) in [6.45, 7) is -0.347. The predicted octanol–water partition coefficient (Wildman–Crippen LogP) is 2.63. The maximum atomic E-state index is 12.9. The fourth-order valence-electron chi connectivity index (χ4n) is 2.17. The van der Waals surface area contributed by atoms with Gasteiger partial charge < -0.3 is 10.1 Å². The Kier molecular flexibility index (Phi) is 5.38. The first-order valence-corrected chi connectivity index (χ1v) is 7.10. The van der Waals surface area contributed by atoms with E-state index in [-0.39, 0.29) is 23.4 Å². The van der Waals surface area contributed by atoms with Crippen LogP contribution in [0.4, 0.5) is 9.18 Å². The molecule has 1 aromatic rings. The van der Waals surface area contributed by atoms with E-state index < -0.39 is 17.8 Å². The molecule has 2 rings (SSSR count). The van der Waals surface area contributed by atoms with Crippen molar-refractivity contribution in [1.82, 2.24) is 10.6 Å². The Hall–Kier alpha value is -1.82. The molecule has 1 aliphatic rings. The molecule has 0 aliphatic heterocycles. The van der Waals surface area contributed by atoms with Gasteiger partial charge in [0.25, 0.3) is 5.91 Å². The van der Waals surface area contributed by atoms with Gasteiger partial charge in [-0.15, -0.1) is 0 Å². The third kappa shape index (κ3) is 4.90. The van der Waals surface area contributed by atoms with Crippen LogP contribution in [0.15, 0.2) is 18.2 Å². The van der Waals surface area contributed by atoms with Gasteiger partial charge in [-0.3, -0.25) is 10.1 Å². The number of hydrogen-bond donors (Lipinski definition) is 2. The van der Waals surface area contributed by atoms with Gasteiger partial charge >= 0.3 is 6.03 Å². The van der Waals surface area contributed by atoms with Crippen LogP contribution in [-0.2, 0) is 4.79 Å². The zero-order valence-electron chi connectivity index (χ0n) is 11.3. The second-order valence-corrected chi connectivity index (χ2v) is 5.27. The van der Waals surface area contributed by atoms with E-state index in [4.69, 9.17) is 16.3 Å². The van der Waals surface area contributed by atoms with E-state index in [9.17, 15) is 14.0 Å². The second kappa shape index (κ2) is 7.26. The van der Waals surface area contributed by atoms with Crippen molar-refractivity contribution < 1.29 is 18.7 Å². The number of carbonyl (C=O) groups excluding carboxylic acids is 2. The van der Waals surface area contributed by atoms with Crippen LogP contribution >= 0.6 is 11.6 Å². The lowest BCUT2D eigenvalue weighted by Gasteiger charge is -2.12. The Labute approximate surface area is 126 Å². The molecule has 0 atom stereocenters. The lowest BCUT2D eigenvalue weighted by atomic mass is 10.2. The summed E-state index contributed by atoms with van der Waals surface area (Å²) in [5.41, 5.74) is 0. The summed E-state index contributed by atoms with van der Waals surface area (Å²) in [4.78, 5) is 23.1. The highest BCUT2D eigenvalue weighted by atomic mass is 35.5. The van der Waals surface area contributed by atoms with E-state index in [2.05, 4.69) is 10.6 Å². The molecule has 1 aromatic carbocycles. The normalized spacial score (nSPS) is 14.8. The molecule has 1 aliphatic carbocycles. The topological polar surface area (TPSA) is 67.4 Å². The summed E-state index contributed by atoms with van der Waals surface area (Å²) in [5, 5.41) is 4.82. The zero-order valence-corrected chi connectivity index (χ0v) is 12.1. The molecule has 0 radical (unpaired) electrons. The minimum atomic E-state index is -0.578. The monoisotopic (exact) mass is 314 g/mol. The maximum absolute atomic E-state index is 12.9. The van der Waals surface area contributed by atoms with Gasteiger partial charge in [0.2, 0.25) is 0 Å². The van der Waals surface area contributed by atoms with Gasteiger partial charge in [-0.05, 0) is 25.0 Å². The molecule has 7 heteroatoms. The quantitative estimate of drug-likeness (QED) is 0.897. The minimum Gasteiger partial charge on any atom is -0.484 e. The Morgan fingerprint density at radius 1 is 1.33 bits per heavy atom. The van der Waals surface area contributed by atoms with E-state index in [1.807, 2.05) is 0 Å². The number of halogens is 2. The van der Waals surface area contributed by atoms with Crippen molar-refractivity contribution >= 4 is 23.5 Å². The Balaban J connectivity index is 1.73. The van der Waals surface area contributed by atoms with E-state index in [1.54, 1.807) is 0 Å². The molecule has 5 nitrogen and oxygen atoms in total. The first-order valence-electron chi connectivity index (χ1n) is 6.73. The van der Waals surface area contributed by atoms with Gasteiger partial charge in [-0.2, -0.15) is 0 Å². The van der Waals surface area contributed by atoms with Crippen molar-refractivity contribution in [2.75, 3.05) is 6.61 Å². The summed E-state index contributed by atoms with van der Waals surface area (Å²) < 4.78 is 18.1. The number of hydrogen-bond acceptors (Lipinski definition) is 3. The van der Waals surface area contributed by atoms with Crippen LogP contribution < -0.4 is 15.4 Å². The van der Waals surface area contributed by atoms with E-state index in [1.165, 1.54) is 12.1 Å². The molecule has 114 valence electrons. The van der Waals surface area contributed by atoms with Crippen LogP contribution in [-0.4, -0.2) is 24.6 Å². The highest BCUT2D eigenvalue weighted by molar-refractivity contribution is 6.30. The average Bonchev–Trinajstić information content (AvgIpc) is 2.92. The number of urea groups is 1. The van der Waals surface area contributed by atoms with Crippen LogP contribution in [0.1, 0.15) is 25.7 Å². The summed E-state index contributed by atoms with van der Waals surface area (Å²) in [5.74, 6) is -0.886. The minimum absolute atomic E-state index is 0.0908. The molecule has 1 saturated carbocycles. The van der Waals surface area contributed by atoms with Crippen molar-refractivity contribution in [3.05, 3.63) is 29.0 Å². The van der Waals surface area contributed by atoms with Gasteiger partial charge in [-0.25, -0.2) is 9.18 Å². The molecule has 0 bridgehead atoms. The number of carbonyl (C=O) groups is 2. The Morgan fingerprint density at radius 2 is 2.05 bits per heavy atom. The van der Waals surface area contributed by atoms with Crippen LogP contribution in [0, 0.1) is 5.82 Å². The molecule has 2 N–H and O–H groups in total. The van der Waals surface area contributed by atoms with E-state index in [0.29, 0.717) is 0 Å². The Morgan fingerprint density at radius 3 is 2.71 bits per heavy atom. The molecule has 0 heterocycles. The smallest absolute Gasteiger partial charge is 0.321 e. The highest BCUT2D eigenvalue weighted by Gasteiger charge is 2.18. The van der Waals surface area contributed by atoms with Crippen molar-refractivity contribution in [3.63, 3.8) is 0 Å². The molecule has 0 spiro atoms. The number of amides is 3. The van der Waals surface area contributed by atoms with E-state index >= 15 is 0 Å². The molecular formula is C14H16ClFN2O3. The number of imide groups is 1. The predicted molar refractivity (Wildman–Crippen MR) is 75.8 cm³/mol. The molecule has 3 amide bonds. The highest BCUT2D eigenvalue weighted by Crippen LogP contribution is 2.21. The standard InChI is InChI=1S/C14H16ClFN2O3/c15-11-7-10(5-6-12(11)16)21-8-13(19)18-14(20)17-9-3-1-2-4-9/h5-7,9H,1-4,8H2,(H2,17,18,19,20). The SMILES string of the molecule is O=C(COc1ccc(F)c(Cl)c1)NC(=O)NC1CCCC1. The third-order valence-corrected chi connectivity index (χ3v) is 3.49. The fourth-order valence-corrected chi connectivity index (χ4v) is 2.34. The second-order valence-electron chi connectivity index (χ2n) is 4.87. The summed E-state index contributed by atoms with van der Waals surface area (Å²) in [6.07, 6.45) is 4.05. The molecule has 21 heavy (non-hydrogen) atoms. The van der Waals surface area contributed by atoms with Crippen LogP contribution in [0.25, 0.3) is 0 Å². The number of benzene rings is 1. The van der Waals surface area contributed by atoms with Gasteiger partial charge in [0, 0.05) is 12.1 Å². The number of ether oxygens (including phenoxy) is 1. The number of nitrogens with one attached hydrogen (secondary N) is 2. The molecule has 1 fully saturated rings. The summed E-state index contributed by atoms with van der Waals surface area (Å²) >= 11 is 5.59. The largest absolute Gasteiger partial charge is 0.484 e. The van der Waals surface area contributed by atoms with Gasteiger partial charge in [0.15, 0.2) is 6.61 Å². The molecular weight excluding hydrogens is 299 g/mol.